The van der Waals surface area contributed by atoms with E-state index in [0.717, 1.165) is 44.3 Å². The van der Waals surface area contributed by atoms with Crippen LogP contribution in [0.15, 0.2) is 12.1 Å². The molecule has 1 aliphatic heterocycles. The number of amides is 2. The highest BCUT2D eigenvalue weighted by Gasteiger charge is 2.37. The third-order valence-electron chi connectivity index (χ3n) is 4.60. The zero-order valence-electron chi connectivity index (χ0n) is 13.4. The highest BCUT2D eigenvalue weighted by Crippen LogP contribution is 2.30. The molecule has 126 valence electrons. The maximum Gasteiger partial charge on any atom is 0.318 e. The molecule has 1 saturated carbocycles. The molecule has 4 nitrogen and oxygen atoms in total. The van der Waals surface area contributed by atoms with E-state index < -0.39 is 0 Å². The van der Waals surface area contributed by atoms with E-state index in [4.69, 9.17) is 11.6 Å². The second-order valence-electron chi connectivity index (χ2n) is 6.49. The van der Waals surface area contributed by atoms with Crippen LogP contribution in [0.25, 0.3) is 0 Å². The van der Waals surface area contributed by atoms with Gasteiger partial charge in [-0.15, -0.1) is 0 Å². The van der Waals surface area contributed by atoms with Crippen LogP contribution in [0.1, 0.15) is 36.8 Å². The van der Waals surface area contributed by atoms with Crippen molar-refractivity contribution in [3.05, 3.63) is 34.1 Å². The summed E-state index contributed by atoms with van der Waals surface area (Å²) in [6.07, 6.45) is 4.26. The number of hydrogen-bond donors (Lipinski definition) is 2. The average Bonchev–Trinajstić information content (AvgIpc) is 3.36. The van der Waals surface area contributed by atoms with Crippen LogP contribution in [0.3, 0.4) is 0 Å². The molecule has 6 heteroatoms. The van der Waals surface area contributed by atoms with Gasteiger partial charge in [-0.3, -0.25) is 0 Å². The largest absolute Gasteiger partial charge is 0.334 e. The number of urea groups is 1. The molecule has 3 rings (SSSR count). The van der Waals surface area contributed by atoms with Crippen molar-refractivity contribution in [1.82, 2.24) is 15.5 Å². The molecule has 1 heterocycles. The summed E-state index contributed by atoms with van der Waals surface area (Å²) >= 11 is 5.91. The molecule has 1 aliphatic carbocycles. The van der Waals surface area contributed by atoms with Gasteiger partial charge < -0.3 is 15.5 Å². The standard InChI is InChI=1S/C17H23ClFN3O/c1-11-7-12(16(19)8-15(11)18)9-21-17(23)22(13-4-5-13)14-3-2-6-20-10-14/h7-8,13-14,20H,2-6,9-10H2,1H3,(H,21,23)/t14-/m1/s1. The number of carbonyl (C=O) groups is 1. The number of nitrogens with zero attached hydrogens (tertiary/aromatic N) is 1. The van der Waals surface area contributed by atoms with Crippen LogP contribution in [0.4, 0.5) is 9.18 Å². The summed E-state index contributed by atoms with van der Waals surface area (Å²) in [6, 6.07) is 3.50. The van der Waals surface area contributed by atoms with Crippen molar-refractivity contribution in [3.8, 4) is 0 Å². The van der Waals surface area contributed by atoms with Gasteiger partial charge in [0.2, 0.25) is 0 Å². The van der Waals surface area contributed by atoms with Crippen LogP contribution in [0.5, 0.6) is 0 Å². The zero-order valence-corrected chi connectivity index (χ0v) is 14.1. The SMILES string of the molecule is Cc1cc(CNC(=O)N(C2CC2)[C@@H]2CCCNC2)c(F)cc1Cl. The molecule has 2 fully saturated rings. The van der Waals surface area contributed by atoms with E-state index in [2.05, 4.69) is 10.6 Å². The zero-order chi connectivity index (χ0) is 16.4. The highest BCUT2D eigenvalue weighted by molar-refractivity contribution is 6.31. The Balaban J connectivity index is 1.64. The molecule has 1 aromatic carbocycles. The lowest BCUT2D eigenvalue weighted by atomic mass is 10.1. The van der Waals surface area contributed by atoms with Crippen molar-refractivity contribution in [1.29, 1.82) is 0 Å². The normalized spacial score (nSPS) is 21.1. The van der Waals surface area contributed by atoms with Gasteiger partial charge in [0.1, 0.15) is 5.82 Å². The summed E-state index contributed by atoms with van der Waals surface area (Å²) in [5.74, 6) is -0.377. The van der Waals surface area contributed by atoms with Crippen molar-refractivity contribution in [2.45, 2.75) is 51.2 Å². The predicted molar refractivity (Wildman–Crippen MR) is 89.1 cm³/mol. The third kappa shape index (κ3) is 3.96. The Labute approximate surface area is 141 Å². The Morgan fingerprint density at radius 3 is 2.83 bits per heavy atom. The van der Waals surface area contributed by atoms with Crippen LogP contribution in [-0.4, -0.2) is 36.1 Å². The molecule has 2 N–H and O–H groups in total. The topological polar surface area (TPSA) is 44.4 Å². The number of halogens is 2. The number of piperidine rings is 1. The molecule has 0 spiro atoms. The summed E-state index contributed by atoms with van der Waals surface area (Å²) in [6.45, 7) is 3.88. The van der Waals surface area contributed by atoms with E-state index in [1.165, 1.54) is 6.07 Å². The van der Waals surface area contributed by atoms with E-state index in [1.54, 1.807) is 6.07 Å². The van der Waals surface area contributed by atoms with Crippen molar-refractivity contribution in [2.24, 2.45) is 0 Å². The van der Waals surface area contributed by atoms with Gasteiger partial charge in [0.15, 0.2) is 0 Å². The lowest BCUT2D eigenvalue weighted by molar-refractivity contribution is 0.155. The summed E-state index contributed by atoms with van der Waals surface area (Å²) in [5, 5.41) is 6.64. The number of hydrogen-bond acceptors (Lipinski definition) is 2. The minimum atomic E-state index is -0.377. The first-order valence-corrected chi connectivity index (χ1v) is 8.65. The predicted octanol–water partition coefficient (Wildman–Crippen LogP) is 3.21. The number of nitrogens with one attached hydrogen (secondary N) is 2. The molecule has 2 aliphatic rings. The Kier molecular flexibility index (Phi) is 5.07. The molecule has 0 bridgehead atoms. The van der Waals surface area contributed by atoms with Crippen LogP contribution in [-0.2, 0) is 6.54 Å². The highest BCUT2D eigenvalue weighted by atomic mass is 35.5. The molecular formula is C17H23ClFN3O. The van der Waals surface area contributed by atoms with Crippen LogP contribution in [0, 0.1) is 12.7 Å². The Hall–Kier alpha value is -1.33. The van der Waals surface area contributed by atoms with Gasteiger partial charge in [-0.25, -0.2) is 9.18 Å². The molecular weight excluding hydrogens is 317 g/mol. The van der Waals surface area contributed by atoms with Gasteiger partial charge >= 0.3 is 6.03 Å². The average molecular weight is 340 g/mol. The van der Waals surface area contributed by atoms with Gasteiger partial charge in [-0.1, -0.05) is 11.6 Å². The smallest absolute Gasteiger partial charge is 0.318 e. The minimum absolute atomic E-state index is 0.0896. The molecule has 1 atom stereocenters. The molecule has 0 unspecified atom stereocenters. The van der Waals surface area contributed by atoms with Crippen LogP contribution < -0.4 is 10.6 Å². The van der Waals surface area contributed by atoms with E-state index in [0.29, 0.717) is 16.6 Å². The number of rotatable bonds is 4. The summed E-state index contributed by atoms with van der Waals surface area (Å²) in [7, 11) is 0. The van der Waals surface area contributed by atoms with E-state index in [9.17, 15) is 9.18 Å². The van der Waals surface area contributed by atoms with Gasteiger partial charge in [-0.05, 0) is 56.8 Å². The molecule has 1 saturated heterocycles. The molecule has 23 heavy (non-hydrogen) atoms. The van der Waals surface area contributed by atoms with Crippen molar-refractivity contribution >= 4 is 17.6 Å². The quantitative estimate of drug-likeness (QED) is 0.884. The third-order valence-corrected chi connectivity index (χ3v) is 5.00. The summed E-state index contributed by atoms with van der Waals surface area (Å²) in [4.78, 5) is 14.6. The summed E-state index contributed by atoms with van der Waals surface area (Å²) < 4.78 is 13.9. The van der Waals surface area contributed by atoms with Gasteiger partial charge in [0, 0.05) is 35.8 Å². The lowest BCUT2D eigenvalue weighted by Crippen LogP contribution is -2.52. The van der Waals surface area contributed by atoms with Gasteiger partial charge in [-0.2, -0.15) is 0 Å². The Morgan fingerprint density at radius 2 is 2.17 bits per heavy atom. The fourth-order valence-corrected chi connectivity index (χ4v) is 3.32. The number of benzene rings is 1. The van der Waals surface area contributed by atoms with Gasteiger partial charge in [0.05, 0.1) is 0 Å². The van der Waals surface area contributed by atoms with Crippen molar-refractivity contribution in [3.63, 3.8) is 0 Å². The Bertz CT molecular complexity index is 585. The molecule has 0 aromatic heterocycles. The fourth-order valence-electron chi connectivity index (χ4n) is 3.17. The van der Waals surface area contributed by atoms with E-state index in [1.807, 2.05) is 11.8 Å². The number of carbonyl (C=O) groups excluding carboxylic acids is 1. The van der Waals surface area contributed by atoms with Crippen molar-refractivity contribution < 1.29 is 9.18 Å². The van der Waals surface area contributed by atoms with E-state index in [-0.39, 0.29) is 24.4 Å². The molecule has 1 aromatic rings. The second kappa shape index (κ2) is 7.05. The van der Waals surface area contributed by atoms with Crippen LogP contribution >= 0.6 is 11.6 Å². The maximum atomic E-state index is 13.9. The number of aryl methyl sites for hydroxylation is 1. The van der Waals surface area contributed by atoms with Crippen molar-refractivity contribution in [2.75, 3.05) is 13.1 Å². The van der Waals surface area contributed by atoms with Gasteiger partial charge in [0.25, 0.3) is 0 Å². The monoisotopic (exact) mass is 339 g/mol. The maximum absolute atomic E-state index is 13.9. The summed E-state index contributed by atoms with van der Waals surface area (Å²) in [5.41, 5.74) is 1.28. The molecule has 0 radical (unpaired) electrons. The first kappa shape index (κ1) is 16.5. The minimum Gasteiger partial charge on any atom is -0.334 e. The lowest BCUT2D eigenvalue weighted by Gasteiger charge is -2.35. The Morgan fingerprint density at radius 1 is 1.39 bits per heavy atom. The second-order valence-corrected chi connectivity index (χ2v) is 6.90. The fraction of sp³-hybridized carbons (Fsp3) is 0.588. The molecule has 2 amide bonds. The van der Waals surface area contributed by atoms with Crippen LogP contribution in [0.2, 0.25) is 5.02 Å². The van der Waals surface area contributed by atoms with E-state index >= 15 is 0 Å². The first-order chi connectivity index (χ1) is 11.1. The first-order valence-electron chi connectivity index (χ1n) is 8.27.